The number of nitrogens with one attached hydrogen (secondary N) is 1. The summed E-state index contributed by atoms with van der Waals surface area (Å²) in [5, 5.41) is 3.42. The molecule has 0 aliphatic carbocycles. The largest absolute Gasteiger partial charge is 0.328 e. The molecule has 0 spiro atoms. The number of fused-ring (bicyclic) bond motifs is 1. The third-order valence-electron chi connectivity index (χ3n) is 4.09. The van der Waals surface area contributed by atoms with Crippen molar-refractivity contribution in [3.05, 3.63) is 63.5 Å². The number of amides is 1. The van der Waals surface area contributed by atoms with Crippen molar-refractivity contribution in [3.8, 4) is 0 Å². The smallest absolute Gasteiger partial charge is 0.326 e. The van der Waals surface area contributed by atoms with E-state index in [0.29, 0.717) is 17.3 Å². The van der Waals surface area contributed by atoms with Crippen molar-refractivity contribution >= 4 is 34.2 Å². The lowest BCUT2D eigenvalue weighted by molar-refractivity contribution is -0.116. The summed E-state index contributed by atoms with van der Waals surface area (Å²) >= 11 is 5.96. The van der Waals surface area contributed by atoms with E-state index in [1.165, 1.54) is 0 Å². The van der Waals surface area contributed by atoms with Crippen LogP contribution < -0.4 is 11.0 Å². The molecule has 0 saturated heterocycles. The minimum Gasteiger partial charge on any atom is -0.326 e. The molecule has 1 aromatic heterocycles. The number of para-hydroxylation sites is 2. The molecule has 3 rings (SSSR count). The summed E-state index contributed by atoms with van der Waals surface area (Å²) in [4.78, 5) is 24.6. The first-order chi connectivity index (χ1) is 11.5. The van der Waals surface area contributed by atoms with Gasteiger partial charge in [0.2, 0.25) is 5.91 Å². The van der Waals surface area contributed by atoms with Crippen LogP contribution >= 0.6 is 11.6 Å². The monoisotopic (exact) mass is 343 g/mol. The molecule has 6 heteroatoms. The maximum atomic E-state index is 12.3. The molecule has 24 heavy (non-hydrogen) atoms. The van der Waals surface area contributed by atoms with Gasteiger partial charge in [-0.2, -0.15) is 0 Å². The average Bonchev–Trinajstić information content (AvgIpc) is 2.81. The van der Waals surface area contributed by atoms with Gasteiger partial charge in [-0.3, -0.25) is 13.9 Å². The van der Waals surface area contributed by atoms with Crippen LogP contribution in [0.1, 0.15) is 12.0 Å². The number of anilines is 1. The Morgan fingerprint density at radius 2 is 1.88 bits per heavy atom. The highest BCUT2D eigenvalue weighted by molar-refractivity contribution is 6.31. The molecule has 0 aliphatic heterocycles. The predicted octanol–water partition coefficient (Wildman–Crippen LogP) is 3.33. The zero-order valence-electron chi connectivity index (χ0n) is 13.5. The fraction of sp³-hybridized carbons (Fsp3) is 0.222. The van der Waals surface area contributed by atoms with Crippen molar-refractivity contribution in [1.82, 2.24) is 9.13 Å². The third-order valence-corrected chi connectivity index (χ3v) is 4.32. The van der Waals surface area contributed by atoms with Gasteiger partial charge in [-0.05, 0) is 36.8 Å². The summed E-state index contributed by atoms with van der Waals surface area (Å²) in [5.74, 6) is -0.153. The van der Waals surface area contributed by atoms with Gasteiger partial charge in [-0.25, -0.2) is 4.79 Å². The fourth-order valence-electron chi connectivity index (χ4n) is 2.73. The minimum absolute atomic E-state index is 0.122. The lowest BCUT2D eigenvalue weighted by Crippen LogP contribution is -2.24. The second-order valence-electron chi connectivity index (χ2n) is 5.74. The van der Waals surface area contributed by atoms with Gasteiger partial charge < -0.3 is 5.32 Å². The van der Waals surface area contributed by atoms with Gasteiger partial charge >= 0.3 is 5.69 Å². The van der Waals surface area contributed by atoms with E-state index in [1.807, 2.05) is 37.3 Å². The summed E-state index contributed by atoms with van der Waals surface area (Å²) in [5.41, 5.74) is 3.20. The Hall–Kier alpha value is -2.53. The van der Waals surface area contributed by atoms with Crippen molar-refractivity contribution in [2.75, 3.05) is 5.32 Å². The Balaban J connectivity index is 1.77. The molecule has 3 aromatic rings. The van der Waals surface area contributed by atoms with Crippen molar-refractivity contribution < 1.29 is 4.79 Å². The number of halogens is 1. The molecule has 124 valence electrons. The number of hydrogen-bond donors (Lipinski definition) is 1. The second-order valence-corrected chi connectivity index (χ2v) is 6.18. The van der Waals surface area contributed by atoms with Crippen LogP contribution in [-0.4, -0.2) is 15.0 Å². The molecule has 1 heterocycles. The maximum Gasteiger partial charge on any atom is 0.328 e. The van der Waals surface area contributed by atoms with Crippen molar-refractivity contribution in [2.24, 2.45) is 7.05 Å². The van der Waals surface area contributed by atoms with E-state index in [0.717, 1.165) is 16.6 Å². The summed E-state index contributed by atoms with van der Waals surface area (Å²) in [6.07, 6.45) is 0.208. The van der Waals surface area contributed by atoms with Gasteiger partial charge in [0.25, 0.3) is 0 Å². The van der Waals surface area contributed by atoms with E-state index in [2.05, 4.69) is 5.32 Å². The lowest BCUT2D eigenvalue weighted by Gasteiger charge is -2.09. The molecule has 0 saturated carbocycles. The molecule has 0 radical (unpaired) electrons. The van der Waals surface area contributed by atoms with Crippen LogP contribution in [0.4, 0.5) is 5.69 Å². The molecule has 1 N–H and O–H groups in total. The third kappa shape index (κ3) is 3.08. The van der Waals surface area contributed by atoms with E-state index in [1.54, 1.807) is 28.3 Å². The number of nitrogens with zero attached hydrogens (tertiary/aromatic N) is 2. The zero-order chi connectivity index (χ0) is 17.3. The molecule has 0 atom stereocenters. The first-order valence-electron chi connectivity index (χ1n) is 7.67. The molecular weight excluding hydrogens is 326 g/mol. The fourth-order valence-corrected chi connectivity index (χ4v) is 2.91. The Bertz CT molecular complexity index is 972. The lowest BCUT2D eigenvalue weighted by atomic mass is 10.2. The summed E-state index contributed by atoms with van der Waals surface area (Å²) in [6.45, 7) is 2.23. The van der Waals surface area contributed by atoms with Crippen LogP contribution in [0.2, 0.25) is 5.02 Å². The van der Waals surface area contributed by atoms with Crippen LogP contribution in [-0.2, 0) is 18.4 Å². The first-order valence-corrected chi connectivity index (χ1v) is 8.05. The number of hydrogen-bond acceptors (Lipinski definition) is 2. The number of benzene rings is 2. The summed E-state index contributed by atoms with van der Waals surface area (Å²) < 4.78 is 3.22. The molecule has 0 unspecified atom stereocenters. The van der Waals surface area contributed by atoms with Gasteiger partial charge in [-0.15, -0.1) is 0 Å². The molecule has 0 aliphatic rings. The van der Waals surface area contributed by atoms with Gasteiger partial charge in [-0.1, -0.05) is 29.8 Å². The number of aromatic nitrogens is 2. The number of rotatable bonds is 4. The normalized spacial score (nSPS) is 11.0. The maximum absolute atomic E-state index is 12.3. The van der Waals surface area contributed by atoms with Gasteiger partial charge in [0.1, 0.15) is 0 Å². The summed E-state index contributed by atoms with van der Waals surface area (Å²) in [7, 11) is 1.73. The highest BCUT2D eigenvalue weighted by Gasteiger charge is 2.12. The summed E-state index contributed by atoms with van der Waals surface area (Å²) in [6, 6.07) is 12.9. The standard InChI is InChI=1S/C18H18ClN3O2/c1-12-7-8-13(19)11-14(12)20-17(23)9-10-22-16-6-4-3-5-15(16)21(2)18(22)24/h3-8,11H,9-10H2,1-2H3,(H,20,23). The van der Waals surface area contributed by atoms with E-state index >= 15 is 0 Å². The highest BCUT2D eigenvalue weighted by Crippen LogP contribution is 2.20. The van der Waals surface area contributed by atoms with E-state index in [-0.39, 0.29) is 18.0 Å². The van der Waals surface area contributed by atoms with E-state index in [4.69, 9.17) is 11.6 Å². The molecule has 0 fully saturated rings. The quantitative estimate of drug-likeness (QED) is 0.790. The molecule has 2 aromatic carbocycles. The number of imidazole rings is 1. The minimum atomic E-state index is -0.153. The molecule has 1 amide bonds. The van der Waals surface area contributed by atoms with Gasteiger partial charge in [0.15, 0.2) is 0 Å². The van der Waals surface area contributed by atoms with Crippen LogP contribution in [0.3, 0.4) is 0 Å². The number of carbonyl (C=O) groups is 1. The SMILES string of the molecule is Cc1ccc(Cl)cc1NC(=O)CCn1c(=O)n(C)c2ccccc21. The van der Waals surface area contributed by atoms with Crippen molar-refractivity contribution in [3.63, 3.8) is 0 Å². The van der Waals surface area contributed by atoms with Crippen LogP contribution in [0, 0.1) is 6.92 Å². The molecular formula is C18H18ClN3O2. The zero-order valence-corrected chi connectivity index (χ0v) is 14.3. The highest BCUT2D eigenvalue weighted by atomic mass is 35.5. The predicted molar refractivity (Wildman–Crippen MR) is 96.6 cm³/mol. The number of aryl methyl sites for hydroxylation is 3. The van der Waals surface area contributed by atoms with E-state index in [9.17, 15) is 9.59 Å². The van der Waals surface area contributed by atoms with Gasteiger partial charge in [0, 0.05) is 30.7 Å². The Morgan fingerprint density at radius 3 is 2.62 bits per heavy atom. The van der Waals surface area contributed by atoms with Crippen LogP contribution in [0.15, 0.2) is 47.3 Å². The van der Waals surface area contributed by atoms with Gasteiger partial charge in [0.05, 0.1) is 11.0 Å². The van der Waals surface area contributed by atoms with Crippen molar-refractivity contribution in [1.29, 1.82) is 0 Å². The molecule has 0 bridgehead atoms. The average molecular weight is 344 g/mol. The Labute approximate surface area is 144 Å². The Kier molecular flexibility index (Phi) is 4.44. The topological polar surface area (TPSA) is 56.0 Å². The Morgan fingerprint density at radius 1 is 1.17 bits per heavy atom. The second kappa shape index (κ2) is 6.53. The van der Waals surface area contributed by atoms with Crippen LogP contribution in [0.5, 0.6) is 0 Å². The molecule has 5 nitrogen and oxygen atoms in total. The number of carbonyl (C=O) groups excluding carboxylic acids is 1. The van der Waals surface area contributed by atoms with Crippen LogP contribution in [0.25, 0.3) is 11.0 Å². The van der Waals surface area contributed by atoms with Crippen molar-refractivity contribution in [2.45, 2.75) is 19.9 Å². The first kappa shape index (κ1) is 16.3. The van der Waals surface area contributed by atoms with E-state index < -0.39 is 0 Å².